The molecule has 0 fully saturated rings. The minimum atomic E-state index is -1.12. The fraction of sp³-hybridized carbons (Fsp3) is 0.115. The van der Waals surface area contributed by atoms with Crippen LogP contribution in [0.3, 0.4) is 0 Å². The molecule has 0 aliphatic rings. The Labute approximate surface area is 190 Å². The number of carbonyl (C=O) groups excluding carboxylic acids is 2. The average Bonchev–Trinajstić information content (AvgIpc) is 3.24. The van der Waals surface area contributed by atoms with Crippen LogP contribution >= 0.6 is 0 Å². The molecule has 1 heterocycles. The molecule has 0 unspecified atom stereocenters. The summed E-state index contributed by atoms with van der Waals surface area (Å²) < 4.78 is 5.21. The van der Waals surface area contributed by atoms with Crippen LogP contribution in [0.15, 0.2) is 72.9 Å². The molecule has 0 saturated heterocycles. The lowest BCUT2D eigenvalue weighted by molar-refractivity contribution is -0.115. The number of aromatic nitrogens is 1. The Bertz CT molecular complexity index is 1340. The van der Waals surface area contributed by atoms with Crippen LogP contribution in [-0.4, -0.2) is 34.5 Å². The van der Waals surface area contributed by atoms with Crippen molar-refractivity contribution in [2.45, 2.75) is 13.3 Å². The minimum Gasteiger partial charge on any atom is -0.478 e. The Kier molecular flexibility index (Phi) is 6.22. The van der Waals surface area contributed by atoms with E-state index in [1.807, 2.05) is 30.3 Å². The zero-order chi connectivity index (χ0) is 23.4. The van der Waals surface area contributed by atoms with Crippen LogP contribution in [0.5, 0.6) is 0 Å². The molecule has 1 aromatic heterocycles. The van der Waals surface area contributed by atoms with Gasteiger partial charge in [-0.15, -0.1) is 0 Å². The van der Waals surface area contributed by atoms with Crippen LogP contribution in [0.4, 0.5) is 5.69 Å². The summed E-state index contributed by atoms with van der Waals surface area (Å²) in [6.07, 6.45) is 1.55. The van der Waals surface area contributed by atoms with E-state index in [0.717, 1.165) is 5.56 Å². The van der Waals surface area contributed by atoms with Crippen molar-refractivity contribution in [1.82, 2.24) is 4.98 Å². The van der Waals surface area contributed by atoms with Gasteiger partial charge in [0, 0.05) is 28.4 Å². The highest BCUT2D eigenvalue weighted by Crippen LogP contribution is 2.39. The van der Waals surface area contributed by atoms with E-state index in [-0.39, 0.29) is 30.1 Å². The smallest absolute Gasteiger partial charge is 0.338 e. The molecule has 33 heavy (non-hydrogen) atoms. The van der Waals surface area contributed by atoms with Gasteiger partial charge in [-0.2, -0.15) is 0 Å². The van der Waals surface area contributed by atoms with Gasteiger partial charge in [0.15, 0.2) is 0 Å². The number of esters is 1. The number of amides is 1. The predicted molar refractivity (Wildman–Crippen MR) is 125 cm³/mol. The Morgan fingerprint density at radius 1 is 0.939 bits per heavy atom. The second kappa shape index (κ2) is 9.40. The van der Waals surface area contributed by atoms with Crippen molar-refractivity contribution in [3.63, 3.8) is 0 Å². The Morgan fingerprint density at radius 2 is 1.67 bits per heavy atom. The highest BCUT2D eigenvalue weighted by atomic mass is 16.5. The summed E-state index contributed by atoms with van der Waals surface area (Å²) in [6.45, 7) is 1.91. The fourth-order valence-corrected chi connectivity index (χ4v) is 3.84. The van der Waals surface area contributed by atoms with Gasteiger partial charge in [0.05, 0.1) is 24.2 Å². The number of aromatic amines is 1. The lowest BCUT2D eigenvalue weighted by Gasteiger charge is -2.16. The van der Waals surface area contributed by atoms with Crippen molar-refractivity contribution < 1.29 is 24.2 Å². The largest absolute Gasteiger partial charge is 0.478 e. The number of carboxylic acid groups (broad SMARTS) is 1. The molecule has 0 aliphatic carbocycles. The highest BCUT2D eigenvalue weighted by molar-refractivity contribution is 6.16. The number of carboxylic acids is 1. The van der Waals surface area contributed by atoms with Gasteiger partial charge in [0.2, 0.25) is 5.91 Å². The number of nitrogens with one attached hydrogen (secondary N) is 2. The zero-order valence-electron chi connectivity index (χ0n) is 17.9. The van der Waals surface area contributed by atoms with Crippen molar-refractivity contribution in [3.05, 3.63) is 89.6 Å². The summed E-state index contributed by atoms with van der Waals surface area (Å²) in [5.74, 6) is -1.91. The van der Waals surface area contributed by atoms with E-state index in [9.17, 15) is 19.5 Å². The molecule has 0 atom stereocenters. The molecule has 0 bridgehead atoms. The Hall–Kier alpha value is -4.39. The van der Waals surface area contributed by atoms with Crippen molar-refractivity contribution in [2.75, 3.05) is 11.9 Å². The van der Waals surface area contributed by atoms with E-state index in [1.54, 1.807) is 43.3 Å². The van der Waals surface area contributed by atoms with Crippen molar-refractivity contribution in [3.8, 4) is 11.1 Å². The van der Waals surface area contributed by atoms with E-state index < -0.39 is 11.9 Å². The fourth-order valence-electron chi connectivity index (χ4n) is 3.84. The number of carbonyl (C=O) groups is 3. The van der Waals surface area contributed by atoms with E-state index in [4.69, 9.17) is 4.74 Å². The van der Waals surface area contributed by atoms with Gasteiger partial charge in [-0.05, 0) is 36.2 Å². The zero-order valence-corrected chi connectivity index (χ0v) is 17.9. The van der Waals surface area contributed by atoms with Crippen LogP contribution < -0.4 is 5.32 Å². The molecule has 4 rings (SSSR count). The van der Waals surface area contributed by atoms with E-state index in [2.05, 4.69) is 10.3 Å². The number of anilines is 1. The minimum absolute atomic E-state index is 0.0396. The normalized spacial score (nSPS) is 10.7. The van der Waals surface area contributed by atoms with Crippen molar-refractivity contribution >= 4 is 34.4 Å². The van der Waals surface area contributed by atoms with Gasteiger partial charge in [-0.3, -0.25) is 4.79 Å². The second-order valence-electron chi connectivity index (χ2n) is 7.39. The number of fused-ring (bicyclic) bond motifs is 1. The number of hydrogen-bond acceptors (Lipinski definition) is 4. The van der Waals surface area contributed by atoms with E-state index >= 15 is 0 Å². The molecule has 4 aromatic rings. The Morgan fingerprint density at radius 3 is 2.39 bits per heavy atom. The number of rotatable bonds is 7. The molecule has 0 aliphatic heterocycles. The van der Waals surface area contributed by atoms with Gasteiger partial charge >= 0.3 is 11.9 Å². The highest BCUT2D eigenvalue weighted by Gasteiger charge is 2.23. The van der Waals surface area contributed by atoms with Gasteiger partial charge in [0.25, 0.3) is 0 Å². The molecule has 3 aromatic carbocycles. The monoisotopic (exact) mass is 442 g/mol. The summed E-state index contributed by atoms with van der Waals surface area (Å²) in [5.41, 5.74) is 3.05. The molecule has 0 radical (unpaired) electrons. The SMILES string of the molecule is CCOC(=O)c1ccccc1-c1c(NC(=O)Cc2ccccc2)ccc2[nH]cc(C(=O)O)c12. The van der Waals surface area contributed by atoms with Gasteiger partial charge in [0.1, 0.15) is 0 Å². The molecule has 1 amide bonds. The van der Waals surface area contributed by atoms with Gasteiger partial charge in [-0.25, -0.2) is 9.59 Å². The summed E-state index contributed by atoms with van der Waals surface area (Å²) in [7, 11) is 0. The first-order valence-corrected chi connectivity index (χ1v) is 10.5. The maximum Gasteiger partial charge on any atom is 0.338 e. The number of benzene rings is 3. The quantitative estimate of drug-likeness (QED) is 0.353. The molecule has 166 valence electrons. The summed E-state index contributed by atoms with van der Waals surface area (Å²) in [4.78, 5) is 40.4. The molecular weight excluding hydrogens is 420 g/mol. The topological polar surface area (TPSA) is 108 Å². The lowest BCUT2D eigenvalue weighted by Crippen LogP contribution is -2.15. The van der Waals surface area contributed by atoms with Gasteiger partial charge in [-0.1, -0.05) is 48.5 Å². The third-order valence-corrected chi connectivity index (χ3v) is 5.25. The molecule has 0 spiro atoms. The maximum atomic E-state index is 12.9. The van der Waals surface area contributed by atoms with Crippen LogP contribution in [0.2, 0.25) is 0 Å². The van der Waals surface area contributed by atoms with Crippen molar-refractivity contribution in [2.24, 2.45) is 0 Å². The van der Waals surface area contributed by atoms with Crippen LogP contribution in [0, 0.1) is 0 Å². The first-order chi connectivity index (χ1) is 16.0. The second-order valence-corrected chi connectivity index (χ2v) is 7.39. The average molecular weight is 442 g/mol. The molecular formula is C26H22N2O5. The lowest BCUT2D eigenvalue weighted by atomic mass is 9.93. The summed E-state index contributed by atoms with van der Waals surface area (Å²) >= 11 is 0. The molecule has 3 N–H and O–H groups in total. The molecule has 7 heteroatoms. The number of aromatic carboxylic acids is 1. The Balaban J connectivity index is 1.88. The van der Waals surface area contributed by atoms with E-state index in [0.29, 0.717) is 27.7 Å². The third-order valence-electron chi connectivity index (χ3n) is 5.25. The number of ether oxygens (including phenoxy) is 1. The van der Waals surface area contributed by atoms with Crippen LogP contribution in [0.25, 0.3) is 22.0 Å². The van der Waals surface area contributed by atoms with E-state index in [1.165, 1.54) is 6.20 Å². The first kappa shape index (κ1) is 21.8. The number of hydrogen-bond donors (Lipinski definition) is 3. The van der Waals surface area contributed by atoms with Crippen molar-refractivity contribution in [1.29, 1.82) is 0 Å². The maximum absolute atomic E-state index is 12.9. The van der Waals surface area contributed by atoms with Crippen LogP contribution in [-0.2, 0) is 16.0 Å². The van der Waals surface area contributed by atoms with Gasteiger partial charge < -0.3 is 20.1 Å². The third kappa shape index (κ3) is 4.48. The number of H-pyrrole nitrogens is 1. The summed E-state index contributed by atoms with van der Waals surface area (Å²) in [5, 5.41) is 13.1. The first-order valence-electron chi connectivity index (χ1n) is 10.5. The van der Waals surface area contributed by atoms with Crippen LogP contribution in [0.1, 0.15) is 33.2 Å². The predicted octanol–water partition coefficient (Wildman–Crippen LogP) is 4.89. The standard InChI is InChI=1S/C26H22N2O5/c1-2-33-26(32)18-11-7-6-10-17(18)23-21(28-22(29)14-16-8-4-3-5-9-16)13-12-20-24(23)19(15-27-20)25(30)31/h3-13,15,27H,2,14H2,1H3,(H,28,29)(H,30,31). The molecule has 0 saturated carbocycles. The molecule has 7 nitrogen and oxygen atoms in total. The summed E-state index contributed by atoms with van der Waals surface area (Å²) in [6, 6.07) is 19.5.